The SMILES string of the molecule is Cc1cc(C)c(C2C(C#N)=C(N)N(c3cccc(Br)c3)C3=C2C(=O)CC(C)(C)C3)cc1COc1ccc(Cl)cc1C. The number of nitrogens with two attached hydrogens (primary N) is 1. The molecule has 2 aliphatic rings. The molecule has 2 N–H and O–H groups in total. The van der Waals surface area contributed by atoms with Crippen LogP contribution in [0.15, 0.2) is 81.7 Å². The first-order valence-corrected chi connectivity index (χ1v) is 14.8. The summed E-state index contributed by atoms with van der Waals surface area (Å²) in [6, 6.07) is 19.9. The summed E-state index contributed by atoms with van der Waals surface area (Å²) in [5.41, 5.74) is 14.2. The third-order valence-corrected chi connectivity index (χ3v) is 8.73. The van der Waals surface area contributed by atoms with Crippen LogP contribution >= 0.6 is 27.5 Å². The summed E-state index contributed by atoms with van der Waals surface area (Å²) < 4.78 is 7.10. The Labute approximate surface area is 255 Å². The van der Waals surface area contributed by atoms with Gasteiger partial charge < -0.3 is 10.5 Å². The van der Waals surface area contributed by atoms with Crippen LogP contribution in [0.4, 0.5) is 5.69 Å². The highest BCUT2D eigenvalue weighted by atomic mass is 79.9. The molecule has 1 heterocycles. The molecule has 5 nitrogen and oxygen atoms in total. The lowest BCUT2D eigenvalue weighted by Crippen LogP contribution is -2.42. The molecule has 3 aromatic rings. The zero-order valence-corrected chi connectivity index (χ0v) is 26.3. The highest BCUT2D eigenvalue weighted by Gasteiger charge is 2.45. The molecule has 1 atom stereocenters. The Hall–Kier alpha value is -3.53. The summed E-state index contributed by atoms with van der Waals surface area (Å²) in [7, 11) is 0. The van der Waals surface area contributed by atoms with Gasteiger partial charge in [-0.05, 0) is 96.8 Å². The van der Waals surface area contributed by atoms with Gasteiger partial charge >= 0.3 is 0 Å². The molecule has 3 aromatic carbocycles. The second-order valence-corrected chi connectivity index (χ2v) is 13.1. The zero-order chi connectivity index (χ0) is 29.6. The van der Waals surface area contributed by atoms with E-state index >= 15 is 0 Å². The summed E-state index contributed by atoms with van der Waals surface area (Å²) in [6.45, 7) is 10.6. The van der Waals surface area contributed by atoms with Gasteiger partial charge in [-0.3, -0.25) is 9.69 Å². The maximum atomic E-state index is 14.0. The van der Waals surface area contributed by atoms with Gasteiger partial charge in [0.15, 0.2) is 5.78 Å². The van der Waals surface area contributed by atoms with Gasteiger partial charge in [-0.25, -0.2) is 0 Å². The lowest BCUT2D eigenvalue weighted by molar-refractivity contribution is -0.118. The molecule has 0 radical (unpaired) electrons. The second kappa shape index (κ2) is 11.0. The Bertz CT molecular complexity index is 1680. The number of carbonyl (C=O) groups excluding carboxylic acids is 1. The lowest BCUT2D eigenvalue weighted by atomic mass is 9.68. The topological polar surface area (TPSA) is 79.4 Å². The Kier molecular flexibility index (Phi) is 7.80. The molecule has 0 amide bonds. The number of Topliss-reactive ketones (excluding diaryl/α,β-unsaturated/α-hetero) is 1. The maximum absolute atomic E-state index is 14.0. The number of aryl methyl sites for hydroxylation is 3. The molecular weight excluding hydrogens is 598 g/mol. The molecule has 0 fully saturated rings. The smallest absolute Gasteiger partial charge is 0.162 e. The van der Waals surface area contributed by atoms with Crippen LogP contribution in [0.3, 0.4) is 0 Å². The minimum atomic E-state index is -0.557. The van der Waals surface area contributed by atoms with E-state index in [-0.39, 0.29) is 11.2 Å². The summed E-state index contributed by atoms with van der Waals surface area (Å²) in [4.78, 5) is 15.9. The number of nitriles is 1. The number of halogens is 2. The molecule has 0 saturated carbocycles. The standard InChI is InChI=1S/C34H33BrClN3O2/c1-19-11-20(2)26(13-22(19)18-41-30-10-9-24(36)12-21(30)3)31-27(17-37)33(38)39(25-8-6-7-23(35)14-25)28-15-34(4,5)16-29(40)32(28)31/h6-14,31H,15-16,18,38H2,1-5H3. The highest BCUT2D eigenvalue weighted by Crippen LogP contribution is 2.51. The second-order valence-electron chi connectivity index (χ2n) is 11.8. The Morgan fingerprint density at radius 3 is 2.51 bits per heavy atom. The fraction of sp³-hybridized carbons (Fsp3) is 0.294. The molecule has 1 aliphatic carbocycles. The summed E-state index contributed by atoms with van der Waals surface area (Å²) >= 11 is 9.70. The molecule has 41 heavy (non-hydrogen) atoms. The fourth-order valence-electron chi connectivity index (χ4n) is 6.04. The molecule has 0 aromatic heterocycles. The van der Waals surface area contributed by atoms with Crippen molar-refractivity contribution in [3.8, 4) is 11.8 Å². The third-order valence-electron chi connectivity index (χ3n) is 8.00. The number of benzene rings is 3. The van der Waals surface area contributed by atoms with Gasteiger partial charge in [-0.1, -0.05) is 59.6 Å². The normalized spacial score (nSPS) is 18.3. The van der Waals surface area contributed by atoms with Crippen molar-refractivity contribution in [1.29, 1.82) is 5.26 Å². The first-order chi connectivity index (χ1) is 19.4. The summed E-state index contributed by atoms with van der Waals surface area (Å²) in [5, 5.41) is 11.2. The largest absolute Gasteiger partial charge is 0.489 e. The number of hydrogen-bond acceptors (Lipinski definition) is 5. The summed E-state index contributed by atoms with van der Waals surface area (Å²) in [6.07, 6.45) is 1.07. The number of carbonyl (C=O) groups is 1. The van der Waals surface area contributed by atoms with E-state index in [0.29, 0.717) is 41.4 Å². The van der Waals surface area contributed by atoms with Gasteiger partial charge in [-0.15, -0.1) is 0 Å². The number of nitrogens with zero attached hydrogens (tertiary/aromatic N) is 2. The van der Waals surface area contributed by atoms with Crippen molar-refractivity contribution in [1.82, 2.24) is 0 Å². The van der Waals surface area contributed by atoms with E-state index in [0.717, 1.165) is 49.4 Å². The van der Waals surface area contributed by atoms with E-state index in [1.165, 1.54) is 0 Å². The Balaban J connectivity index is 1.66. The number of allylic oxidation sites excluding steroid dienone is 3. The van der Waals surface area contributed by atoms with Gasteiger partial charge in [-0.2, -0.15) is 5.26 Å². The maximum Gasteiger partial charge on any atom is 0.162 e. The van der Waals surface area contributed by atoms with E-state index in [4.69, 9.17) is 22.1 Å². The van der Waals surface area contributed by atoms with Crippen LogP contribution < -0.4 is 15.4 Å². The fourth-order valence-corrected chi connectivity index (χ4v) is 6.66. The summed E-state index contributed by atoms with van der Waals surface area (Å²) in [5.74, 6) is 0.610. The van der Waals surface area contributed by atoms with Crippen LogP contribution in [-0.4, -0.2) is 5.78 Å². The molecule has 1 aliphatic heterocycles. The van der Waals surface area contributed by atoms with E-state index in [1.807, 2.05) is 61.2 Å². The van der Waals surface area contributed by atoms with Crippen LogP contribution in [0.5, 0.6) is 5.75 Å². The van der Waals surface area contributed by atoms with Gasteiger partial charge in [0.1, 0.15) is 18.2 Å². The molecule has 0 saturated heterocycles. The lowest BCUT2D eigenvalue weighted by Gasteiger charge is -2.44. The number of ether oxygens (including phenoxy) is 1. The number of ketones is 1. The van der Waals surface area contributed by atoms with Gasteiger partial charge in [0, 0.05) is 32.9 Å². The molecule has 5 rings (SSSR count). The molecular formula is C34H33BrClN3O2. The average molecular weight is 631 g/mol. The Morgan fingerprint density at radius 2 is 1.83 bits per heavy atom. The minimum absolute atomic E-state index is 0.0519. The number of rotatable bonds is 5. The number of hydrogen-bond donors (Lipinski definition) is 1. The van der Waals surface area contributed by atoms with Gasteiger partial charge in [0.25, 0.3) is 0 Å². The quantitative estimate of drug-likeness (QED) is 0.306. The highest BCUT2D eigenvalue weighted by molar-refractivity contribution is 9.10. The first kappa shape index (κ1) is 29.0. The molecule has 0 bridgehead atoms. The van der Waals surface area contributed by atoms with Crippen LogP contribution in [0.2, 0.25) is 5.02 Å². The van der Waals surface area contributed by atoms with E-state index in [1.54, 1.807) is 0 Å². The Morgan fingerprint density at radius 1 is 1.07 bits per heavy atom. The van der Waals surface area contributed by atoms with E-state index in [9.17, 15) is 10.1 Å². The predicted octanol–water partition coefficient (Wildman–Crippen LogP) is 8.55. The van der Waals surface area contributed by atoms with Crippen molar-refractivity contribution >= 4 is 39.0 Å². The monoisotopic (exact) mass is 629 g/mol. The predicted molar refractivity (Wildman–Crippen MR) is 168 cm³/mol. The first-order valence-electron chi connectivity index (χ1n) is 13.6. The van der Waals surface area contributed by atoms with Crippen LogP contribution in [0, 0.1) is 37.5 Å². The van der Waals surface area contributed by atoms with Crippen molar-refractivity contribution in [2.45, 2.75) is 60.0 Å². The zero-order valence-electron chi connectivity index (χ0n) is 23.9. The average Bonchev–Trinajstić information content (AvgIpc) is 2.88. The van der Waals surface area contributed by atoms with Crippen LogP contribution in [0.25, 0.3) is 0 Å². The van der Waals surface area contributed by atoms with E-state index in [2.05, 4.69) is 54.9 Å². The van der Waals surface area contributed by atoms with Crippen LogP contribution in [-0.2, 0) is 11.4 Å². The van der Waals surface area contributed by atoms with Crippen molar-refractivity contribution in [3.63, 3.8) is 0 Å². The molecule has 1 unspecified atom stereocenters. The molecule has 210 valence electrons. The van der Waals surface area contributed by atoms with Gasteiger partial charge in [0.05, 0.1) is 17.6 Å². The molecule has 7 heteroatoms. The van der Waals surface area contributed by atoms with E-state index < -0.39 is 5.92 Å². The van der Waals surface area contributed by atoms with Crippen molar-refractivity contribution in [2.75, 3.05) is 4.90 Å². The number of anilines is 1. The van der Waals surface area contributed by atoms with Crippen molar-refractivity contribution in [3.05, 3.63) is 115 Å². The minimum Gasteiger partial charge on any atom is -0.489 e. The van der Waals surface area contributed by atoms with Gasteiger partial charge in [0.2, 0.25) is 0 Å². The van der Waals surface area contributed by atoms with Crippen molar-refractivity contribution < 1.29 is 9.53 Å². The van der Waals surface area contributed by atoms with Crippen molar-refractivity contribution in [2.24, 2.45) is 11.1 Å². The van der Waals surface area contributed by atoms with Crippen LogP contribution in [0.1, 0.15) is 60.4 Å². The molecule has 0 spiro atoms. The third kappa shape index (κ3) is 5.54.